The minimum absolute atomic E-state index is 0.485. The SMILES string of the molecule is CCNC1CCCc2nc(C3CCC3)ncc21. The molecule has 1 saturated carbocycles. The van der Waals surface area contributed by atoms with Gasteiger partial charge < -0.3 is 5.32 Å². The Balaban J connectivity index is 1.86. The molecule has 1 heterocycles. The van der Waals surface area contributed by atoms with Gasteiger partial charge in [-0.15, -0.1) is 0 Å². The van der Waals surface area contributed by atoms with Gasteiger partial charge in [-0.3, -0.25) is 0 Å². The third-order valence-corrected chi connectivity index (χ3v) is 4.12. The second-order valence-electron chi connectivity index (χ2n) is 5.26. The Bertz CT molecular complexity index is 398. The van der Waals surface area contributed by atoms with Gasteiger partial charge in [0, 0.05) is 29.4 Å². The maximum absolute atomic E-state index is 4.82. The van der Waals surface area contributed by atoms with E-state index in [1.807, 2.05) is 0 Å². The molecular formula is C14H21N3. The van der Waals surface area contributed by atoms with Crippen molar-refractivity contribution in [2.75, 3.05) is 6.54 Å². The van der Waals surface area contributed by atoms with Crippen LogP contribution >= 0.6 is 0 Å². The summed E-state index contributed by atoms with van der Waals surface area (Å²) in [5, 5.41) is 3.54. The maximum Gasteiger partial charge on any atom is 0.131 e. The zero-order valence-corrected chi connectivity index (χ0v) is 10.6. The van der Waals surface area contributed by atoms with Crippen LogP contribution in [0, 0.1) is 0 Å². The van der Waals surface area contributed by atoms with Crippen molar-refractivity contribution in [3.63, 3.8) is 0 Å². The van der Waals surface area contributed by atoms with Crippen molar-refractivity contribution in [2.24, 2.45) is 0 Å². The number of nitrogens with one attached hydrogen (secondary N) is 1. The number of hydrogen-bond donors (Lipinski definition) is 1. The highest BCUT2D eigenvalue weighted by Gasteiger charge is 2.26. The van der Waals surface area contributed by atoms with Crippen molar-refractivity contribution in [1.82, 2.24) is 15.3 Å². The van der Waals surface area contributed by atoms with Crippen molar-refractivity contribution in [1.29, 1.82) is 0 Å². The molecule has 0 amide bonds. The monoisotopic (exact) mass is 231 g/mol. The molecule has 3 nitrogen and oxygen atoms in total. The van der Waals surface area contributed by atoms with Gasteiger partial charge in [-0.1, -0.05) is 13.3 Å². The van der Waals surface area contributed by atoms with Crippen molar-refractivity contribution < 1.29 is 0 Å². The van der Waals surface area contributed by atoms with Crippen LogP contribution in [-0.2, 0) is 6.42 Å². The first-order valence-corrected chi connectivity index (χ1v) is 6.97. The first-order chi connectivity index (χ1) is 8.38. The van der Waals surface area contributed by atoms with E-state index in [4.69, 9.17) is 4.98 Å². The van der Waals surface area contributed by atoms with Gasteiger partial charge in [0.05, 0.1) is 0 Å². The van der Waals surface area contributed by atoms with Crippen LogP contribution in [-0.4, -0.2) is 16.5 Å². The Hall–Kier alpha value is -0.960. The molecule has 0 spiro atoms. The molecule has 2 aliphatic carbocycles. The fourth-order valence-electron chi connectivity index (χ4n) is 2.88. The molecule has 1 unspecified atom stereocenters. The second-order valence-corrected chi connectivity index (χ2v) is 5.26. The molecule has 92 valence electrons. The normalized spacial score (nSPS) is 24.2. The lowest BCUT2D eigenvalue weighted by Crippen LogP contribution is -2.26. The van der Waals surface area contributed by atoms with Crippen LogP contribution in [0.2, 0.25) is 0 Å². The molecule has 17 heavy (non-hydrogen) atoms. The summed E-state index contributed by atoms with van der Waals surface area (Å²) in [6.07, 6.45) is 9.64. The largest absolute Gasteiger partial charge is 0.310 e. The van der Waals surface area contributed by atoms with Crippen molar-refractivity contribution >= 4 is 0 Å². The molecule has 0 radical (unpaired) electrons. The van der Waals surface area contributed by atoms with E-state index in [9.17, 15) is 0 Å². The number of aromatic nitrogens is 2. The van der Waals surface area contributed by atoms with Gasteiger partial charge in [0.2, 0.25) is 0 Å². The van der Waals surface area contributed by atoms with E-state index in [2.05, 4.69) is 23.4 Å². The van der Waals surface area contributed by atoms with Crippen molar-refractivity contribution in [3.05, 3.63) is 23.3 Å². The van der Waals surface area contributed by atoms with E-state index in [0.29, 0.717) is 12.0 Å². The minimum Gasteiger partial charge on any atom is -0.310 e. The predicted octanol–water partition coefficient (Wildman–Crippen LogP) is 2.73. The molecule has 1 aromatic rings. The molecule has 1 N–H and O–H groups in total. The van der Waals surface area contributed by atoms with E-state index in [-0.39, 0.29) is 0 Å². The Labute approximate surface area is 103 Å². The fourth-order valence-corrected chi connectivity index (χ4v) is 2.88. The number of fused-ring (bicyclic) bond motifs is 1. The average molecular weight is 231 g/mol. The predicted molar refractivity (Wildman–Crippen MR) is 68.0 cm³/mol. The van der Waals surface area contributed by atoms with Crippen LogP contribution in [0.15, 0.2) is 6.20 Å². The standard InChI is InChI=1S/C14H21N3/c1-2-15-12-7-4-8-13-11(12)9-16-14(17-13)10-5-3-6-10/h9-10,12,15H,2-8H2,1H3. The van der Waals surface area contributed by atoms with E-state index >= 15 is 0 Å². The van der Waals surface area contributed by atoms with Crippen molar-refractivity contribution in [2.45, 2.75) is 57.4 Å². The summed E-state index contributed by atoms with van der Waals surface area (Å²) in [5.74, 6) is 1.76. The summed E-state index contributed by atoms with van der Waals surface area (Å²) in [6, 6.07) is 0.485. The molecule has 1 atom stereocenters. The number of nitrogens with zero attached hydrogens (tertiary/aromatic N) is 2. The van der Waals surface area contributed by atoms with Crippen molar-refractivity contribution in [3.8, 4) is 0 Å². The van der Waals surface area contributed by atoms with E-state index in [1.165, 1.54) is 43.4 Å². The molecular weight excluding hydrogens is 210 g/mol. The number of rotatable bonds is 3. The molecule has 1 aromatic heterocycles. The Morgan fingerprint density at radius 2 is 2.18 bits per heavy atom. The molecule has 0 aromatic carbocycles. The molecule has 0 aliphatic heterocycles. The van der Waals surface area contributed by atoms with Crippen LogP contribution in [0.25, 0.3) is 0 Å². The van der Waals surface area contributed by atoms with Crippen LogP contribution in [0.5, 0.6) is 0 Å². The highest BCUT2D eigenvalue weighted by molar-refractivity contribution is 5.25. The minimum atomic E-state index is 0.485. The van der Waals surface area contributed by atoms with Gasteiger partial charge in [0.15, 0.2) is 0 Å². The quantitative estimate of drug-likeness (QED) is 0.869. The van der Waals surface area contributed by atoms with E-state index in [0.717, 1.165) is 18.8 Å². The third kappa shape index (κ3) is 2.08. The maximum atomic E-state index is 4.82. The summed E-state index contributed by atoms with van der Waals surface area (Å²) in [7, 11) is 0. The zero-order valence-electron chi connectivity index (χ0n) is 10.6. The van der Waals surface area contributed by atoms with Gasteiger partial charge in [-0.05, 0) is 38.6 Å². The highest BCUT2D eigenvalue weighted by Crippen LogP contribution is 2.36. The van der Waals surface area contributed by atoms with E-state index in [1.54, 1.807) is 0 Å². The van der Waals surface area contributed by atoms with Gasteiger partial charge in [0.1, 0.15) is 5.82 Å². The molecule has 2 aliphatic rings. The average Bonchev–Trinajstić information content (AvgIpc) is 2.27. The molecule has 1 fully saturated rings. The third-order valence-electron chi connectivity index (χ3n) is 4.12. The smallest absolute Gasteiger partial charge is 0.131 e. The zero-order chi connectivity index (χ0) is 11.7. The van der Waals surface area contributed by atoms with Gasteiger partial charge in [-0.25, -0.2) is 9.97 Å². The number of hydrogen-bond acceptors (Lipinski definition) is 3. The Kier molecular flexibility index (Phi) is 3.10. The van der Waals surface area contributed by atoms with Crippen LogP contribution < -0.4 is 5.32 Å². The first kappa shape index (κ1) is 11.1. The summed E-state index contributed by atoms with van der Waals surface area (Å²) in [4.78, 5) is 9.41. The summed E-state index contributed by atoms with van der Waals surface area (Å²) in [5.41, 5.74) is 2.65. The van der Waals surface area contributed by atoms with Crippen LogP contribution in [0.4, 0.5) is 0 Å². The van der Waals surface area contributed by atoms with Gasteiger partial charge in [-0.2, -0.15) is 0 Å². The van der Waals surface area contributed by atoms with Gasteiger partial charge >= 0.3 is 0 Å². The van der Waals surface area contributed by atoms with Crippen LogP contribution in [0.3, 0.4) is 0 Å². The lowest BCUT2D eigenvalue weighted by atomic mass is 9.84. The highest BCUT2D eigenvalue weighted by atomic mass is 14.9. The lowest BCUT2D eigenvalue weighted by Gasteiger charge is -2.28. The molecule has 3 rings (SSSR count). The first-order valence-electron chi connectivity index (χ1n) is 6.97. The Morgan fingerprint density at radius 1 is 1.29 bits per heavy atom. The summed E-state index contributed by atoms with van der Waals surface area (Å²) in [6.45, 7) is 3.19. The lowest BCUT2D eigenvalue weighted by molar-refractivity contribution is 0.395. The fraction of sp³-hybridized carbons (Fsp3) is 0.714. The molecule has 0 saturated heterocycles. The van der Waals surface area contributed by atoms with Crippen LogP contribution in [0.1, 0.15) is 68.1 Å². The summed E-state index contributed by atoms with van der Waals surface area (Å²) >= 11 is 0. The van der Waals surface area contributed by atoms with E-state index < -0.39 is 0 Å². The topological polar surface area (TPSA) is 37.8 Å². The van der Waals surface area contributed by atoms with Gasteiger partial charge in [0.25, 0.3) is 0 Å². The Morgan fingerprint density at radius 3 is 2.88 bits per heavy atom. The molecule has 3 heteroatoms. The second kappa shape index (κ2) is 4.73. The molecule has 0 bridgehead atoms. The summed E-state index contributed by atoms with van der Waals surface area (Å²) < 4.78 is 0. The number of aryl methyl sites for hydroxylation is 1.